The van der Waals surface area contributed by atoms with Gasteiger partial charge in [-0.2, -0.15) is 0 Å². The molecule has 1 aliphatic carbocycles. The van der Waals surface area contributed by atoms with Gasteiger partial charge in [0.25, 0.3) is 0 Å². The van der Waals surface area contributed by atoms with Gasteiger partial charge in [-0.05, 0) is 24.5 Å². The number of fused-ring (bicyclic) bond motifs is 1. The molecule has 1 fully saturated rings. The quantitative estimate of drug-likeness (QED) is 0.880. The molecule has 0 aliphatic heterocycles. The number of carboxylic acids is 1. The number of H-pyrrole nitrogens is 1. The van der Waals surface area contributed by atoms with Crippen LogP contribution in [0.1, 0.15) is 31.2 Å². The van der Waals surface area contributed by atoms with Crippen molar-refractivity contribution in [3.05, 3.63) is 36.0 Å². The number of carbonyl (C=O) groups is 1. The maximum Gasteiger partial charge on any atom is 0.314 e. The van der Waals surface area contributed by atoms with Crippen LogP contribution in [0.25, 0.3) is 10.9 Å². The molecule has 0 radical (unpaired) electrons. The van der Waals surface area contributed by atoms with Gasteiger partial charge in [-0.15, -0.1) is 0 Å². The lowest BCUT2D eigenvalue weighted by atomic mass is 9.68. The summed E-state index contributed by atoms with van der Waals surface area (Å²) in [5.41, 5.74) is 0.248. The Labute approximate surface area is 114 Å². The number of nitrogens with one attached hydrogen (secondary N) is 1. The van der Waals surface area contributed by atoms with Gasteiger partial charge in [-0.1, -0.05) is 18.2 Å². The van der Waals surface area contributed by atoms with Gasteiger partial charge in [-0.3, -0.25) is 4.79 Å². The van der Waals surface area contributed by atoms with Crippen LogP contribution in [0.3, 0.4) is 0 Å². The van der Waals surface area contributed by atoms with E-state index < -0.39 is 17.3 Å². The second-order valence-corrected chi connectivity index (χ2v) is 5.49. The first kappa shape index (κ1) is 13.1. The molecule has 3 rings (SSSR count). The molecule has 0 saturated heterocycles. The highest BCUT2D eigenvalue weighted by molar-refractivity contribution is 5.92. The van der Waals surface area contributed by atoms with Crippen molar-refractivity contribution in [2.45, 2.75) is 37.0 Å². The van der Waals surface area contributed by atoms with Crippen molar-refractivity contribution in [2.75, 3.05) is 0 Å². The van der Waals surface area contributed by atoms with E-state index in [4.69, 9.17) is 0 Å². The maximum absolute atomic E-state index is 13.4. The number of aliphatic carboxylic acids is 1. The van der Waals surface area contributed by atoms with Crippen molar-refractivity contribution in [2.24, 2.45) is 0 Å². The molecule has 1 aromatic carbocycles. The molecule has 0 unspecified atom stereocenters. The third-order valence-electron chi connectivity index (χ3n) is 4.35. The first-order valence-corrected chi connectivity index (χ1v) is 6.62. The second-order valence-electron chi connectivity index (χ2n) is 5.49. The van der Waals surface area contributed by atoms with E-state index in [-0.39, 0.29) is 25.7 Å². The van der Waals surface area contributed by atoms with E-state index in [0.717, 1.165) is 10.9 Å². The van der Waals surface area contributed by atoms with Gasteiger partial charge >= 0.3 is 5.97 Å². The molecule has 2 N–H and O–H groups in total. The molecule has 3 nitrogen and oxygen atoms in total. The minimum atomic E-state index is -2.74. The number of hydrogen-bond acceptors (Lipinski definition) is 1. The molecule has 1 saturated carbocycles. The Morgan fingerprint density at radius 2 is 1.80 bits per heavy atom. The van der Waals surface area contributed by atoms with Crippen LogP contribution in [0, 0.1) is 0 Å². The van der Waals surface area contributed by atoms with E-state index in [9.17, 15) is 18.7 Å². The van der Waals surface area contributed by atoms with Crippen molar-refractivity contribution < 1.29 is 18.7 Å². The Balaban J connectivity index is 2.10. The largest absolute Gasteiger partial charge is 0.481 e. The molecule has 0 amide bonds. The number of rotatable bonds is 2. The molecule has 0 bridgehead atoms. The third-order valence-corrected chi connectivity index (χ3v) is 4.35. The SMILES string of the molecule is O=C(O)C1(c2c[nH]c3ccccc23)CCC(F)(F)CC1. The van der Waals surface area contributed by atoms with E-state index in [1.165, 1.54) is 0 Å². The Bertz CT molecular complexity index is 653. The standard InChI is InChI=1S/C15H15F2NO2/c16-15(17)7-5-14(6-8-15,13(19)20)11-9-18-12-4-2-1-3-10(11)12/h1-4,9,18H,5-8H2,(H,19,20). The summed E-state index contributed by atoms with van der Waals surface area (Å²) in [6.07, 6.45) is 0.841. The van der Waals surface area contributed by atoms with Gasteiger partial charge in [-0.25, -0.2) is 8.78 Å². The fourth-order valence-corrected chi connectivity index (χ4v) is 3.11. The molecule has 2 aromatic rings. The second kappa shape index (κ2) is 4.30. The molecular weight excluding hydrogens is 264 g/mol. The van der Waals surface area contributed by atoms with Crippen LogP contribution < -0.4 is 0 Å². The normalized spacial score (nSPS) is 20.9. The number of alkyl halides is 2. The van der Waals surface area contributed by atoms with Gasteiger partial charge in [0, 0.05) is 29.9 Å². The van der Waals surface area contributed by atoms with Gasteiger partial charge < -0.3 is 10.1 Å². The van der Waals surface area contributed by atoms with Crippen LogP contribution in [0.2, 0.25) is 0 Å². The lowest BCUT2D eigenvalue weighted by Crippen LogP contribution is -2.42. The monoisotopic (exact) mass is 279 g/mol. The van der Waals surface area contributed by atoms with Crippen molar-refractivity contribution in [1.29, 1.82) is 0 Å². The fourth-order valence-electron chi connectivity index (χ4n) is 3.11. The number of aromatic nitrogens is 1. The Morgan fingerprint density at radius 3 is 2.45 bits per heavy atom. The van der Waals surface area contributed by atoms with Crippen molar-refractivity contribution in [3.63, 3.8) is 0 Å². The van der Waals surface area contributed by atoms with Crippen LogP contribution >= 0.6 is 0 Å². The molecule has 5 heteroatoms. The first-order valence-electron chi connectivity index (χ1n) is 6.62. The molecule has 1 aromatic heterocycles. The van der Waals surface area contributed by atoms with E-state index in [2.05, 4.69) is 4.98 Å². The summed E-state index contributed by atoms with van der Waals surface area (Å²) in [6.45, 7) is 0. The Morgan fingerprint density at radius 1 is 1.15 bits per heavy atom. The Kier molecular flexibility index (Phi) is 2.81. The zero-order valence-corrected chi connectivity index (χ0v) is 10.8. The Hall–Kier alpha value is -1.91. The molecule has 20 heavy (non-hydrogen) atoms. The van der Waals surface area contributed by atoms with E-state index in [1.54, 1.807) is 6.20 Å². The summed E-state index contributed by atoms with van der Waals surface area (Å²) in [4.78, 5) is 14.8. The highest BCUT2D eigenvalue weighted by Crippen LogP contribution is 2.47. The van der Waals surface area contributed by atoms with Gasteiger partial charge in [0.1, 0.15) is 0 Å². The summed E-state index contributed by atoms with van der Waals surface area (Å²) in [7, 11) is 0. The predicted octanol–water partition coefficient (Wildman–Crippen LogP) is 3.70. The number of hydrogen-bond donors (Lipinski definition) is 2. The van der Waals surface area contributed by atoms with Crippen molar-refractivity contribution in [3.8, 4) is 0 Å². The van der Waals surface area contributed by atoms with Crippen LogP contribution in [0.5, 0.6) is 0 Å². The van der Waals surface area contributed by atoms with Crippen LogP contribution in [-0.4, -0.2) is 22.0 Å². The molecule has 0 atom stereocenters. The maximum atomic E-state index is 13.4. The van der Waals surface area contributed by atoms with Crippen LogP contribution in [0.15, 0.2) is 30.5 Å². The van der Waals surface area contributed by atoms with Gasteiger partial charge in [0.2, 0.25) is 5.92 Å². The topological polar surface area (TPSA) is 53.1 Å². The molecule has 0 spiro atoms. The van der Waals surface area contributed by atoms with E-state index >= 15 is 0 Å². The number of carboxylic acid groups (broad SMARTS) is 1. The highest BCUT2D eigenvalue weighted by atomic mass is 19.3. The molecule has 1 aliphatic rings. The van der Waals surface area contributed by atoms with Crippen molar-refractivity contribution >= 4 is 16.9 Å². The molecular formula is C15H15F2NO2. The fraction of sp³-hybridized carbons (Fsp3) is 0.400. The minimum absolute atomic E-state index is 0.0306. The van der Waals surface area contributed by atoms with E-state index in [0.29, 0.717) is 5.56 Å². The van der Waals surface area contributed by atoms with Gasteiger partial charge in [0.05, 0.1) is 5.41 Å². The smallest absolute Gasteiger partial charge is 0.314 e. The van der Waals surface area contributed by atoms with Crippen LogP contribution in [-0.2, 0) is 10.2 Å². The van der Waals surface area contributed by atoms with Gasteiger partial charge in [0.15, 0.2) is 0 Å². The lowest BCUT2D eigenvalue weighted by molar-refractivity contribution is -0.149. The summed E-state index contributed by atoms with van der Waals surface area (Å²) >= 11 is 0. The third kappa shape index (κ3) is 1.88. The summed E-state index contributed by atoms with van der Waals surface area (Å²) in [6, 6.07) is 7.36. The average molecular weight is 279 g/mol. The number of para-hydroxylation sites is 1. The molecule has 106 valence electrons. The zero-order chi connectivity index (χ0) is 14.4. The zero-order valence-electron chi connectivity index (χ0n) is 10.8. The van der Waals surface area contributed by atoms with Crippen LogP contribution in [0.4, 0.5) is 8.78 Å². The average Bonchev–Trinajstić information content (AvgIpc) is 2.83. The predicted molar refractivity (Wildman–Crippen MR) is 71.0 cm³/mol. The molecule has 1 heterocycles. The van der Waals surface area contributed by atoms with Crippen molar-refractivity contribution in [1.82, 2.24) is 4.98 Å². The lowest BCUT2D eigenvalue weighted by Gasteiger charge is -2.36. The number of benzene rings is 1. The summed E-state index contributed by atoms with van der Waals surface area (Å²) < 4.78 is 26.7. The summed E-state index contributed by atoms with van der Waals surface area (Å²) in [5.74, 6) is -3.76. The number of halogens is 2. The first-order chi connectivity index (χ1) is 9.45. The number of aromatic amines is 1. The highest BCUT2D eigenvalue weighted by Gasteiger charge is 2.49. The van der Waals surface area contributed by atoms with E-state index in [1.807, 2.05) is 24.3 Å². The summed E-state index contributed by atoms with van der Waals surface area (Å²) in [5, 5.41) is 10.4. The minimum Gasteiger partial charge on any atom is -0.481 e.